The third-order valence-electron chi connectivity index (χ3n) is 5.88. The number of benzene rings is 2. The molecule has 0 unspecified atom stereocenters. The molecule has 1 heterocycles. The molecule has 0 saturated heterocycles. The molecule has 0 fully saturated rings. The number of carbonyl (C=O) groups is 2. The normalized spacial score (nSPS) is 11.6. The van der Waals surface area contributed by atoms with Crippen molar-refractivity contribution in [1.82, 2.24) is 15.1 Å². The molecule has 0 radical (unpaired) electrons. The van der Waals surface area contributed by atoms with Crippen LogP contribution in [0.2, 0.25) is 0 Å². The van der Waals surface area contributed by atoms with Crippen LogP contribution in [0.1, 0.15) is 63.2 Å². The average molecular weight is 504 g/mol. The number of rotatable bonds is 10. The summed E-state index contributed by atoms with van der Waals surface area (Å²) in [6, 6.07) is 17.3. The van der Waals surface area contributed by atoms with E-state index in [-0.39, 0.29) is 11.3 Å². The lowest BCUT2D eigenvalue weighted by Crippen LogP contribution is -2.39. The average Bonchev–Trinajstić information content (AvgIpc) is 3.27. The van der Waals surface area contributed by atoms with Crippen molar-refractivity contribution in [2.45, 2.75) is 65.6 Å². The van der Waals surface area contributed by atoms with E-state index in [4.69, 9.17) is 9.47 Å². The molecule has 7 heteroatoms. The van der Waals surface area contributed by atoms with Gasteiger partial charge in [-0.15, -0.1) is 6.58 Å². The molecular formula is C30H37N3O4. The molecule has 0 aliphatic carbocycles. The molecule has 0 atom stereocenters. The lowest BCUT2D eigenvalue weighted by atomic mass is 9.86. The van der Waals surface area contributed by atoms with Gasteiger partial charge in [0.2, 0.25) is 0 Å². The van der Waals surface area contributed by atoms with Crippen LogP contribution in [0.5, 0.6) is 5.75 Å². The summed E-state index contributed by atoms with van der Waals surface area (Å²) < 4.78 is 12.5. The molecule has 196 valence electrons. The number of amides is 1. The summed E-state index contributed by atoms with van der Waals surface area (Å²) in [6.07, 6.45) is 1.72. The number of aromatic nitrogens is 2. The van der Waals surface area contributed by atoms with Crippen LogP contribution in [0, 0.1) is 0 Å². The second kappa shape index (κ2) is 11.5. The van der Waals surface area contributed by atoms with Gasteiger partial charge in [-0.1, -0.05) is 63.2 Å². The number of ether oxygens (including phenoxy) is 2. The van der Waals surface area contributed by atoms with E-state index in [9.17, 15) is 9.59 Å². The Morgan fingerprint density at radius 2 is 1.68 bits per heavy atom. The van der Waals surface area contributed by atoms with E-state index in [1.54, 1.807) is 49.7 Å². The van der Waals surface area contributed by atoms with Crippen LogP contribution in [-0.2, 0) is 28.0 Å². The number of hydrogen-bond acceptors (Lipinski definition) is 5. The van der Waals surface area contributed by atoms with Gasteiger partial charge in [0.15, 0.2) is 5.60 Å². The third kappa shape index (κ3) is 7.09. The second-order valence-electron chi connectivity index (χ2n) is 10.4. The number of nitrogens with zero attached hydrogens (tertiary/aromatic N) is 2. The van der Waals surface area contributed by atoms with Gasteiger partial charge < -0.3 is 14.8 Å². The Balaban J connectivity index is 1.69. The van der Waals surface area contributed by atoms with Crippen molar-refractivity contribution in [1.29, 1.82) is 0 Å². The van der Waals surface area contributed by atoms with Gasteiger partial charge in [-0.3, -0.25) is 9.48 Å². The van der Waals surface area contributed by atoms with Crippen LogP contribution in [0.15, 0.2) is 67.3 Å². The summed E-state index contributed by atoms with van der Waals surface area (Å²) in [5.41, 5.74) is 3.24. The van der Waals surface area contributed by atoms with Crippen molar-refractivity contribution < 1.29 is 19.1 Å². The number of hydrogen-bond donors (Lipinski definition) is 1. The molecule has 0 spiro atoms. The van der Waals surface area contributed by atoms with Gasteiger partial charge in [-0.25, -0.2) is 4.79 Å². The maximum atomic E-state index is 13.1. The first kappa shape index (κ1) is 27.7. The lowest BCUT2D eigenvalue weighted by molar-refractivity contribution is -0.158. The van der Waals surface area contributed by atoms with Gasteiger partial charge >= 0.3 is 5.97 Å². The van der Waals surface area contributed by atoms with Crippen molar-refractivity contribution in [3.8, 4) is 17.0 Å². The van der Waals surface area contributed by atoms with E-state index in [2.05, 4.69) is 49.9 Å². The smallest absolute Gasteiger partial charge is 0.349 e. The van der Waals surface area contributed by atoms with Gasteiger partial charge in [0.05, 0.1) is 18.8 Å². The van der Waals surface area contributed by atoms with Crippen LogP contribution in [0.4, 0.5) is 0 Å². The third-order valence-corrected chi connectivity index (χ3v) is 5.88. The highest BCUT2D eigenvalue weighted by atomic mass is 16.6. The van der Waals surface area contributed by atoms with E-state index in [1.807, 2.05) is 24.3 Å². The monoisotopic (exact) mass is 503 g/mol. The van der Waals surface area contributed by atoms with Gasteiger partial charge in [0.1, 0.15) is 11.4 Å². The van der Waals surface area contributed by atoms with Crippen molar-refractivity contribution in [3.05, 3.63) is 84.1 Å². The van der Waals surface area contributed by atoms with E-state index >= 15 is 0 Å². The Bertz CT molecular complexity index is 1230. The quantitative estimate of drug-likeness (QED) is 0.284. The molecule has 2 aromatic carbocycles. The fourth-order valence-electron chi connectivity index (χ4n) is 3.73. The summed E-state index contributed by atoms with van der Waals surface area (Å²) in [7, 11) is 0. The predicted octanol–water partition coefficient (Wildman–Crippen LogP) is 5.68. The highest BCUT2D eigenvalue weighted by Gasteiger charge is 2.31. The lowest BCUT2D eigenvalue weighted by Gasteiger charge is -2.24. The fraction of sp³-hybridized carbons (Fsp3) is 0.367. The SMILES string of the molecule is C=CCn1nc(-c2ccc(C(C)(C)C)cc2)cc1C(=O)NCc1ccc(OC(C)(C)C(=O)OCC)cc1. The van der Waals surface area contributed by atoms with Gasteiger partial charge in [-0.05, 0) is 55.5 Å². The number of esters is 1. The van der Waals surface area contributed by atoms with Gasteiger partial charge in [-0.2, -0.15) is 5.10 Å². The van der Waals surface area contributed by atoms with Crippen molar-refractivity contribution in [3.63, 3.8) is 0 Å². The molecule has 1 amide bonds. The topological polar surface area (TPSA) is 82.5 Å². The number of carbonyl (C=O) groups excluding carboxylic acids is 2. The first-order valence-corrected chi connectivity index (χ1v) is 12.5. The molecule has 0 bridgehead atoms. The Morgan fingerprint density at radius 3 is 2.24 bits per heavy atom. The van der Waals surface area contributed by atoms with Crippen LogP contribution >= 0.6 is 0 Å². The molecule has 0 saturated carbocycles. The van der Waals surface area contributed by atoms with Crippen molar-refractivity contribution in [2.24, 2.45) is 0 Å². The van der Waals surface area contributed by atoms with E-state index in [0.717, 1.165) is 16.8 Å². The molecule has 7 nitrogen and oxygen atoms in total. The van der Waals surface area contributed by atoms with Crippen LogP contribution in [0.25, 0.3) is 11.3 Å². The van der Waals surface area contributed by atoms with E-state index < -0.39 is 11.6 Å². The minimum absolute atomic E-state index is 0.0627. The molecule has 1 N–H and O–H groups in total. The largest absolute Gasteiger partial charge is 0.476 e. The molecule has 0 aliphatic heterocycles. The summed E-state index contributed by atoms with van der Waals surface area (Å²) in [5, 5.41) is 7.60. The summed E-state index contributed by atoms with van der Waals surface area (Å²) in [5.74, 6) is -0.109. The zero-order valence-corrected chi connectivity index (χ0v) is 22.6. The molecule has 1 aromatic heterocycles. The van der Waals surface area contributed by atoms with E-state index in [0.29, 0.717) is 31.1 Å². The fourth-order valence-corrected chi connectivity index (χ4v) is 3.73. The predicted molar refractivity (Wildman–Crippen MR) is 146 cm³/mol. The van der Waals surface area contributed by atoms with Gasteiger partial charge in [0, 0.05) is 12.1 Å². The van der Waals surface area contributed by atoms with Crippen molar-refractivity contribution >= 4 is 11.9 Å². The zero-order chi connectivity index (χ0) is 27.2. The first-order chi connectivity index (χ1) is 17.4. The molecular weight excluding hydrogens is 466 g/mol. The maximum absolute atomic E-state index is 13.1. The number of nitrogens with one attached hydrogen (secondary N) is 1. The number of allylic oxidation sites excluding steroid dienone is 1. The van der Waals surface area contributed by atoms with Crippen LogP contribution < -0.4 is 10.1 Å². The van der Waals surface area contributed by atoms with Crippen molar-refractivity contribution in [2.75, 3.05) is 6.61 Å². The molecule has 0 aliphatic rings. The summed E-state index contributed by atoms with van der Waals surface area (Å²) in [4.78, 5) is 25.1. The first-order valence-electron chi connectivity index (χ1n) is 12.5. The highest BCUT2D eigenvalue weighted by Crippen LogP contribution is 2.26. The maximum Gasteiger partial charge on any atom is 0.349 e. The molecule has 3 rings (SSSR count). The summed E-state index contributed by atoms with van der Waals surface area (Å²) in [6.45, 7) is 16.4. The Morgan fingerprint density at radius 1 is 1.03 bits per heavy atom. The van der Waals surface area contributed by atoms with Crippen LogP contribution in [0.3, 0.4) is 0 Å². The second-order valence-corrected chi connectivity index (χ2v) is 10.4. The minimum Gasteiger partial charge on any atom is -0.476 e. The molecule has 37 heavy (non-hydrogen) atoms. The van der Waals surface area contributed by atoms with E-state index in [1.165, 1.54) is 5.56 Å². The molecule has 3 aromatic rings. The highest BCUT2D eigenvalue weighted by molar-refractivity contribution is 5.93. The van der Waals surface area contributed by atoms with Crippen LogP contribution in [-0.4, -0.2) is 33.9 Å². The minimum atomic E-state index is -1.10. The standard InChI is InChI=1S/C30H37N3O4/c1-8-18-33-26(19-25(32-33)22-12-14-23(15-13-22)29(3,4)5)27(34)31-20-21-10-16-24(17-11-21)37-30(6,7)28(35)36-9-2/h8,10-17,19H,1,9,18,20H2,2-7H3,(H,31,34). The van der Waals surface area contributed by atoms with Gasteiger partial charge in [0.25, 0.3) is 5.91 Å². The Hall–Kier alpha value is -3.87. The Labute approximate surface area is 219 Å². The zero-order valence-electron chi connectivity index (χ0n) is 22.6. The Kier molecular flexibility index (Phi) is 8.58. The summed E-state index contributed by atoms with van der Waals surface area (Å²) >= 11 is 0.